The summed E-state index contributed by atoms with van der Waals surface area (Å²) in [5.74, 6) is 1.16. The van der Waals surface area contributed by atoms with E-state index in [1.807, 2.05) is 41.3 Å². The van der Waals surface area contributed by atoms with Crippen LogP contribution >= 0.6 is 11.3 Å². The standard InChI is InChI=1S/C27H28N4O4S/c1-34-22-9-8-20(29-25(22)30-12-14-35-15-13-30)27(33)31-11-10-17-16-23(26(32)28-18-6-7-18)36-24(17)19-4-2-3-5-21(19)31/h2-5,8-9,16,18H,6-7,10-15H2,1H3,(H,28,32). The highest BCUT2D eigenvalue weighted by atomic mass is 32.1. The first-order valence-electron chi connectivity index (χ1n) is 12.3. The largest absolute Gasteiger partial charge is 0.493 e. The Kier molecular flexibility index (Phi) is 6.10. The number of hydrogen-bond acceptors (Lipinski definition) is 7. The summed E-state index contributed by atoms with van der Waals surface area (Å²) >= 11 is 1.50. The van der Waals surface area contributed by atoms with E-state index in [9.17, 15) is 9.59 Å². The van der Waals surface area contributed by atoms with E-state index < -0.39 is 0 Å². The van der Waals surface area contributed by atoms with Crippen molar-refractivity contribution in [2.24, 2.45) is 0 Å². The number of morpholine rings is 1. The number of carbonyl (C=O) groups excluding carboxylic acids is 2. The molecule has 3 aromatic rings. The van der Waals surface area contributed by atoms with E-state index in [0.29, 0.717) is 62.6 Å². The molecule has 0 radical (unpaired) electrons. The summed E-state index contributed by atoms with van der Waals surface area (Å²) in [7, 11) is 1.62. The fraction of sp³-hybridized carbons (Fsp3) is 0.370. The minimum absolute atomic E-state index is 0.000868. The minimum Gasteiger partial charge on any atom is -0.493 e. The third-order valence-electron chi connectivity index (χ3n) is 6.82. The second-order valence-electron chi connectivity index (χ2n) is 9.26. The fourth-order valence-corrected chi connectivity index (χ4v) is 5.90. The lowest BCUT2D eigenvalue weighted by Crippen LogP contribution is -2.38. The smallest absolute Gasteiger partial charge is 0.276 e. The second-order valence-corrected chi connectivity index (χ2v) is 10.3. The van der Waals surface area contributed by atoms with Crippen molar-refractivity contribution in [3.8, 4) is 16.2 Å². The van der Waals surface area contributed by atoms with Crippen molar-refractivity contribution in [1.82, 2.24) is 10.3 Å². The molecule has 1 aliphatic carbocycles. The number of methoxy groups -OCH3 is 1. The lowest BCUT2D eigenvalue weighted by molar-refractivity contribution is 0.0952. The van der Waals surface area contributed by atoms with Gasteiger partial charge in [-0.1, -0.05) is 18.2 Å². The van der Waals surface area contributed by atoms with E-state index in [1.165, 1.54) is 11.3 Å². The average Bonchev–Trinajstić information content (AvgIpc) is 3.67. The second kappa shape index (κ2) is 9.55. The molecule has 0 bridgehead atoms. The molecule has 2 fully saturated rings. The van der Waals surface area contributed by atoms with Crippen LogP contribution in [0.3, 0.4) is 0 Å². The Balaban J connectivity index is 1.33. The molecule has 4 heterocycles. The molecule has 2 amide bonds. The molecule has 1 saturated heterocycles. The normalized spacial score (nSPS) is 17.1. The zero-order valence-electron chi connectivity index (χ0n) is 20.2. The molecule has 1 saturated carbocycles. The molecule has 0 spiro atoms. The molecular formula is C27H28N4O4S. The number of amides is 2. The van der Waals surface area contributed by atoms with E-state index in [-0.39, 0.29) is 11.8 Å². The van der Waals surface area contributed by atoms with Gasteiger partial charge in [-0.15, -0.1) is 11.3 Å². The summed E-state index contributed by atoms with van der Waals surface area (Å²) in [6, 6.07) is 13.8. The monoisotopic (exact) mass is 504 g/mol. The first-order chi connectivity index (χ1) is 17.6. The summed E-state index contributed by atoms with van der Waals surface area (Å²) in [5, 5.41) is 3.09. The third kappa shape index (κ3) is 4.33. The van der Waals surface area contributed by atoms with Gasteiger partial charge >= 0.3 is 0 Å². The Bertz CT molecular complexity index is 1310. The SMILES string of the molecule is COc1ccc(C(=O)N2CCc3cc(C(=O)NC4CC4)sc3-c3ccccc32)nc1N1CCOCC1. The topological polar surface area (TPSA) is 84.0 Å². The number of nitrogens with zero attached hydrogens (tertiary/aromatic N) is 3. The molecule has 3 aliphatic rings. The summed E-state index contributed by atoms with van der Waals surface area (Å²) < 4.78 is 11.0. The summed E-state index contributed by atoms with van der Waals surface area (Å²) in [5.41, 5.74) is 3.28. The van der Waals surface area contributed by atoms with Gasteiger partial charge in [-0.2, -0.15) is 0 Å². The van der Waals surface area contributed by atoms with Gasteiger partial charge in [0.2, 0.25) is 0 Å². The Morgan fingerprint density at radius 3 is 2.69 bits per heavy atom. The van der Waals surface area contributed by atoms with Crippen LogP contribution < -0.4 is 19.9 Å². The van der Waals surface area contributed by atoms with E-state index in [2.05, 4.69) is 10.2 Å². The highest BCUT2D eigenvalue weighted by Gasteiger charge is 2.30. The Morgan fingerprint density at radius 1 is 1.11 bits per heavy atom. The maximum atomic E-state index is 13.8. The molecule has 186 valence electrons. The number of hydrogen-bond donors (Lipinski definition) is 1. The highest BCUT2D eigenvalue weighted by Crippen LogP contribution is 2.42. The lowest BCUT2D eigenvalue weighted by Gasteiger charge is -2.29. The molecule has 9 heteroatoms. The number of para-hydroxylation sites is 1. The van der Waals surface area contributed by atoms with Crippen molar-refractivity contribution in [3.05, 3.63) is 58.6 Å². The third-order valence-corrected chi connectivity index (χ3v) is 8.03. The quantitative estimate of drug-likeness (QED) is 0.570. The van der Waals surface area contributed by atoms with Crippen LogP contribution in [0, 0.1) is 0 Å². The Labute approximate surface area is 213 Å². The maximum absolute atomic E-state index is 13.8. The summed E-state index contributed by atoms with van der Waals surface area (Å²) in [6.45, 7) is 3.13. The molecule has 0 atom stereocenters. The van der Waals surface area contributed by atoms with E-state index in [4.69, 9.17) is 14.5 Å². The fourth-order valence-electron chi connectivity index (χ4n) is 4.76. The van der Waals surface area contributed by atoms with Crippen LogP contribution in [0.4, 0.5) is 11.5 Å². The average molecular weight is 505 g/mol. The van der Waals surface area contributed by atoms with E-state index in [0.717, 1.165) is 39.4 Å². The molecule has 6 rings (SSSR count). The van der Waals surface area contributed by atoms with Gasteiger partial charge in [-0.25, -0.2) is 4.98 Å². The first kappa shape index (κ1) is 23.0. The Hall–Kier alpha value is -3.43. The number of thiophene rings is 1. The predicted molar refractivity (Wildman–Crippen MR) is 139 cm³/mol. The van der Waals surface area contributed by atoms with Gasteiger partial charge in [0.25, 0.3) is 11.8 Å². The number of aromatic nitrogens is 1. The maximum Gasteiger partial charge on any atom is 0.276 e. The van der Waals surface area contributed by atoms with Crippen molar-refractivity contribution in [2.75, 3.05) is 49.8 Å². The van der Waals surface area contributed by atoms with Crippen molar-refractivity contribution >= 4 is 34.7 Å². The van der Waals surface area contributed by atoms with Crippen molar-refractivity contribution in [2.45, 2.75) is 25.3 Å². The van der Waals surface area contributed by atoms with Gasteiger partial charge in [0.1, 0.15) is 5.69 Å². The Morgan fingerprint density at radius 2 is 1.92 bits per heavy atom. The number of nitrogens with one attached hydrogen (secondary N) is 1. The van der Waals surface area contributed by atoms with Gasteiger partial charge in [0.15, 0.2) is 11.6 Å². The zero-order valence-corrected chi connectivity index (χ0v) is 21.0. The van der Waals surface area contributed by atoms with Crippen LogP contribution in [0.25, 0.3) is 10.4 Å². The number of fused-ring (bicyclic) bond motifs is 3. The minimum atomic E-state index is -0.151. The molecule has 36 heavy (non-hydrogen) atoms. The van der Waals surface area contributed by atoms with Gasteiger partial charge in [-0.05, 0) is 49.1 Å². The van der Waals surface area contributed by atoms with E-state index >= 15 is 0 Å². The zero-order chi connectivity index (χ0) is 24.6. The molecule has 8 nitrogen and oxygen atoms in total. The van der Waals surface area contributed by atoms with Crippen LogP contribution in [0.1, 0.15) is 38.6 Å². The van der Waals surface area contributed by atoms with Crippen molar-refractivity contribution < 1.29 is 19.1 Å². The number of benzene rings is 1. The lowest BCUT2D eigenvalue weighted by atomic mass is 10.1. The molecule has 2 aliphatic heterocycles. The van der Waals surface area contributed by atoms with Crippen LogP contribution in [0.15, 0.2) is 42.5 Å². The number of ether oxygens (including phenoxy) is 2. The van der Waals surface area contributed by atoms with Crippen LogP contribution in [-0.4, -0.2) is 62.8 Å². The summed E-state index contributed by atoms with van der Waals surface area (Å²) in [4.78, 5) is 37.0. The highest BCUT2D eigenvalue weighted by molar-refractivity contribution is 7.17. The molecule has 2 aromatic heterocycles. The molecule has 1 aromatic carbocycles. The number of rotatable bonds is 5. The number of anilines is 2. The van der Waals surface area contributed by atoms with Crippen LogP contribution in [0.5, 0.6) is 5.75 Å². The number of pyridine rings is 1. The van der Waals surface area contributed by atoms with Gasteiger partial charge < -0.3 is 24.6 Å². The van der Waals surface area contributed by atoms with Gasteiger partial charge in [-0.3, -0.25) is 9.59 Å². The first-order valence-corrected chi connectivity index (χ1v) is 13.2. The number of carbonyl (C=O) groups is 2. The summed E-state index contributed by atoms with van der Waals surface area (Å²) in [6.07, 6.45) is 2.78. The molecule has 1 N–H and O–H groups in total. The molecular weight excluding hydrogens is 476 g/mol. The van der Waals surface area contributed by atoms with Crippen LogP contribution in [-0.2, 0) is 11.2 Å². The van der Waals surface area contributed by atoms with Crippen molar-refractivity contribution in [3.63, 3.8) is 0 Å². The van der Waals surface area contributed by atoms with Crippen LogP contribution in [0.2, 0.25) is 0 Å². The molecule has 0 unspecified atom stereocenters. The predicted octanol–water partition coefficient (Wildman–Crippen LogP) is 3.75. The van der Waals surface area contributed by atoms with Gasteiger partial charge in [0.05, 0.1) is 30.9 Å². The van der Waals surface area contributed by atoms with Gasteiger partial charge in [0, 0.05) is 36.1 Å². The van der Waals surface area contributed by atoms with E-state index in [1.54, 1.807) is 13.2 Å². The van der Waals surface area contributed by atoms with Crippen molar-refractivity contribution in [1.29, 1.82) is 0 Å².